The average molecular weight is 354 g/mol. The van der Waals surface area contributed by atoms with E-state index < -0.39 is 15.7 Å². The number of anilines is 1. The van der Waals surface area contributed by atoms with Gasteiger partial charge in [0.15, 0.2) is 0 Å². The first-order chi connectivity index (χ1) is 7.50. The maximum atomic E-state index is 10.8. The largest absolute Gasteiger partial charge is 0.379 e. The Morgan fingerprint density at radius 2 is 2.25 bits per heavy atom. The molecule has 7 heteroatoms. The van der Waals surface area contributed by atoms with Gasteiger partial charge in [-0.15, -0.1) is 0 Å². The van der Waals surface area contributed by atoms with Crippen molar-refractivity contribution in [3.63, 3.8) is 0 Å². The van der Waals surface area contributed by atoms with Gasteiger partial charge in [0, 0.05) is 39.0 Å². The molecule has 0 aliphatic carbocycles. The minimum atomic E-state index is -0.895. The number of nitro groups is 1. The van der Waals surface area contributed by atoms with Gasteiger partial charge in [0.25, 0.3) is 5.69 Å². The fraction of sp³-hybridized carbons (Fsp3) is 0.333. The molecule has 0 fully saturated rings. The standard InChI is InChI=1S/C9H11IN2O3S/c1-16(15)5-4-11-8-3-2-7(10)6-9(8)12(13)14/h2-3,6,11H,4-5H2,1H3. The van der Waals surface area contributed by atoms with Gasteiger partial charge in [-0.05, 0) is 34.7 Å². The average Bonchev–Trinajstić information content (AvgIpc) is 2.19. The summed E-state index contributed by atoms with van der Waals surface area (Å²) in [6.07, 6.45) is 1.60. The van der Waals surface area contributed by atoms with Crippen molar-refractivity contribution in [3.05, 3.63) is 31.9 Å². The lowest BCUT2D eigenvalue weighted by Gasteiger charge is -2.06. The predicted molar refractivity (Wildman–Crippen MR) is 73.2 cm³/mol. The number of nitrogens with one attached hydrogen (secondary N) is 1. The number of hydrogen-bond acceptors (Lipinski definition) is 4. The molecule has 0 heterocycles. The predicted octanol–water partition coefficient (Wildman–Crippen LogP) is 1.99. The Balaban J connectivity index is 2.78. The molecule has 0 spiro atoms. The Morgan fingerprint density at radius 3 is 2.81 bits per heavy atom. The molecule has 0 aliphatic heterocycles. The normalized spacial score (nSPS) is 12.1. The van der Waals surface area contributed by atoms with E-state index in [1.807, 2.05) is 22.6 Å². The van der Waals surface area contributed by atoms with Crippen LogP contribution in [-0.4, -0.2) is 27.7 Å². The number of rotatable bonds is 5. The highest BCUT2D eigenvalue weighted by Gasteiger charge is 2.13. The molecule has 88 valence electrons. The van der Waals surface area contributed by atoms with E-state index in [1.165, 1.54) is 6.07 Å². The first kappa shape index (κ1) is 13.4. The number of benzene rings is 1. The van der Waals surface area contributed by atoms with Crippen LogP contribution in [0.5, 0.6) is 0 Å². The summed E-state index contributed by atoms with van der Waals surface area (Å²) in [5.41, 5.74) is 0.518. The third kappa shape index (κ3) is 4.05. The topological polar surface area (TPSA) is 72.2 Å². The van der Waals surface area contributed by atoms with Crippen LogP contribution >= 0.6 is 22.6 Å². The Morgan fingerprint density at radius 1 is 1.56 bits per heavy atom. The molecule has 1 aromatic rings. The zero-order valence-corrected chi connectivity index (χ0v) is 11.6. The third-order valence-electron chi connectivity index (χ3n) is 1.86. The van der Waals surface area contributed by atoms with Crippen molar-refractivity contribution in [1.82, 2.24) is 0 Å². The van der Waals surface area contributed by atoms with Crippen LogP contribution in [-0.2, 0) is 10.8 Å². The maximum absolute atomic E-state index is 10.8. The summed E-state index contributed by atoms with van der Waals surface area (Å²) in [6, 6.07) is 4.96. The second-order valence-corrected chi connectivity index (χ2v) is 5.92. The van der Waals surface area contributed by atoms with Crippen LogP contribution < -0.4 is 5.32 Å². The lowest BCUT2D eigenvalue weighted by Crippen LogP contribution is -2.11. The van der Waals surface area contributed by atoms with Crippen molar-refractivity contribution in [2.24, 2.45) is 0 Å². The molecule has 5 nitrogen and oxygen atoms in total. The number of halogens is 1. The van der Waals surface area contributed by atoms with Gasteiger partial charge in [-0.1, -0.05) is 0 Å². The summed E-state index contributed by atoms with van der Waals surface area (Å²) in [5, 5.41) is 13.7. The molecular formula is C9H11IN2O3S. The van der Waals surface area contributed by atoms with Crippen LogP contribution in [0.1, 0.15) is 0 Å². The van der Waals surface area contributed by atoms with E-state index in [0.717, 1.165) is 3.57 Å². The van der Waals surface area contributed by atoms with E-state index in [9.17, 15) is 14.3 Å². The Kier molecular flexibility index (Phi) is 5.13. The summed E-state index contributed by atoms with van der Waals surface area (Å²) in [6.45, 7) is 0.463. The molecule has 1 unspecified atom stereocenters. The molecule has 0 radical (unpaired) electrons. The molecule has 0 aromatic heterocycles. The molecule has 0 amide bonds. The fourth-order valence-electron chi connectivity index (χ4n) is 1.13. The van der Waals surface area contributed by atoms with Crippen molar-refractivity contribution < 1.29 is 9.13 Å². The van der Waals surface area contributed by atoms with Gasteiger partial charge in [-0.25, -0.2) is 0 Å². The van der Waals surface area contributed by atoms with Gasteiger partial charge in [-0.3, -0.25) is 14.3 Å². The number of nitro benzene ring substituents is 1. The number of nitrogens with zero attached hydrogens (tertiary/aromatic N) is 1. The highest BCUT2D eigenvalue weighted by Crippen LogP contribution is 2.25. The summed E-state index contributed by atoms with van der Waals surface area (Å²) < 4.78 is 11.7. The van der Waals surface area contributed by atoms with Crippen LogP contribution in [0, 0.1) is 13.7 Å². The van der Waals surface area contributed by atoms with E-state index in [4.69, 9.17) is 0 Å². The van der Waals surface area contributed by atoms with Crippen LogP contribution in [0.2, 0.25) is 0 Å². The van der Waals surface area contributed by atoms with E-state index in [-0.39, 0.29) is 5.69 Å². The molecular weight excluding hydrogens is 343 g/mol. The summed E-state index contributed by atoms with van der Waals surface area (Å²) in [7, 11) is -0.895. The van der Waals surface area contributed by atoms with E-state index in [2.05, 4.69) is 5.32 Å². The summed E-state index contributed by atoms with van der Waals surface area (Å²) >= 11 is 2.02. The lowest BCUT2D eigenvalue weighted by atomic mass is 10.2. The second-order valence-electron chi connectivity index (χ2n) is 3.12. The van der Waals surface area contributed by atoms with E-state index in [1.54, 1.807) is 18.4 Å². The van der Waals surface area contributed by atoms with Crippen molar-refractivity contribution in [3.8, 4) is 0 Å². The minimum absolute atomic E-state index is 0.0498. The quantitative estimate of drug-likeness (QED) is 0.499. The molecule has 1 rings (SSSR count). The van der Waals surface area contributed by atoms with E-state index >= 15 is 0 Å². The molecule has 1 atom stereocenters. The Bertz CT molecular complexity index is 425. The Labute approximate surface area is 109 Å². The highest BCUT2D eigenvalue weighted by atomic mass is 127. The van der Waals surface area contributed by atoms with Crippen molar-refractivity contribution in [2.45, 2.75) is 0 Å². The third-order valence-corrected chi connectivity index (χ3v) is 3.31. The first-order valence-electron chi connectivity index (χ1n) is 4.48. The van der Waals surface area contributed by atoms with Crippen LogP contribution in [0.4, 0.5) is 11.4 Å². The molecule has 0 saturated carbocycles. The van der Waals surface area contributed by atoms with Gasteiger partial charge >= 0.3 is 0 Å². The maximum Gasteiger partial charge on any atom is 0.293 e. The number of hydrogen-bond donors (Lipinski definition) is 1. The first-order valence-corrected chi connectivity index (χ1v) is 7.29. The van der Waals surface area contributed by atoms with Crippen molar-refractivity contribution in [2.75, 3.05) is 23.9 Å². The fourth-order valence-corrected chi connectivity index (χ4v) is 2.00. The molecule has 0 bridgehead atoms. The molecule has 0 aliphatic rings. The van der Waals surface area contributed by atoms with E-state index in [0.29, 0.717) is 18.0 Å². The van der Waals surface area contributed by atoms with Gasteiger partial charge in [0.05, 0.1) is 4.92 Å². The molecule has 0 saturated heterocycles. The van der Waals surface area contributed by atoms with Gasteiger partial charge < -0.3 is 5.32 Å². The smallest absolute Gasteiger partial charge is 0.293 e. The molecule has 1 N–H and O–H groups in total. The zero-order valence-electron chi connectivity index (χ0n) is 8.60. The molecule has 16 heavy (non-hydrogen) atoms. The van der Waals surface area contributed by atoms with Gasteiger partial charge in [0.1, 0.15) is 5.69 Å². The lowest BCUT2D eigenvalue weighted by molar-refractivity contribution is -0.384. The van der Waals surface area contributed by atoms with Crippen molar-refractivity contribution in [1.29, 1.82) is 0 Å². The van der Waals surface area contributed by atoms with Crippen LogP contribution in [0.15, 0.2) is 18.2 Å². The van der Waals surface area contributed by atoms with Crippen LogP contribution in [0.3, 0.4) is 0 Å². The van der Waals surface area contributed by atoms with Gasteiger partial charge in [0.2, 0.25) is 0 Å². The minimum Gasteiger partial charge on any atom is -0.379 e. The summed E-state index contributed by atoms with van der Waals surface area (Å²) in [4.78, 5) is 10.4. The Hall–Kier alpha value is -0.700. The summed E-state index contributed by atoms with van der Waals surface area (Å²) in [5.74, 6) is 0.475. The van der Waals surface area contributed by atoms with Crippen LogP contribution in [0.25, 0.3) is 0 Å². The monoisotopic (exact) mass is 354 g/mol. The van der Waals surface area contributed by atoms with Gasteiger partial charge in [-0.2, -0.15) is 0 Å². The molecule has 1 aromatic carbocycles. The highest BCUT2D eigenvalue weighted by molar-refractivity contribution is 14.1. The van der Waals surface area contributed by atoms with Crippen molar-refractivity contribution >= 4 is 44.8 Å². The second kappa shape index (κ2) is 6.14. The zero-order chi connectivity index (χ0) is 12.1. The SMILES string of the molecule is CS(=O)CCNc1ccc(I)cc1[N+](=O)[O-].